The molecule has 0 aliphatic carbocycles. The summed E-state index contributed by atoms with van der Waals surface area (Å²) in [5, 5.41) is 0. The van der Waals surface area contributed by atoms with Gasteiger partial charge in [0.2, 0.25) is 0 Å². The Hall–Kier alpha value is -0.300. The van der Waals surface area contributed by atoms with E-state index in [1.807, 2.05) is 6.08 Å². The lowest BCUT2D eigenvalue weighted by atomic mass is 10.1. The fourth-order valence-corrected chi connectivity index (χ4v) is 1.94. The second-order valence-electron chi connectivity index (χ2n) is 5.92. The van der Waals surface area contributed by atoms with E-state index in [1.54, 1.807) is 0 Å². The summed E-state index contributed by atoms with van der Waals surface area (Å²) in [7, 11) is 6.83. The first kappa shape index (κ1) is 15.7. The first-order valence-corrected chi connectivity index (χ1v) is 6.97. The van der Waals surface area contributed by atoms with Gasteiger partial charge in [-0.1, -0.05) is 38.2 Å². The number of rotatable bonds is 11. The monoisotopic (exact) mass is 226 g/mol. The number of hydrogen-bond acceptors (Lipinski definition) is 0. The lowest BCUT2D eigenvalue weighted by Crippen LogP contribution is -2.35. The highest BCUT2D eigenvalue weighted by Crippen LogP contribution is 2.10. The maximum absolute atomic E-state index is 3.75. The predicted octanol–water partition coefficient (Wildman–Crippen LogP) is 4.39. The molecule has 96 valence electrons. The zero-order valence-electron chi connectivity index (χ0n) is 11.8. The highest BCUT2D eigenvalue weighted by molar-refractivity contribution is 4.65. The van der Waals surface area contributed by atoms with Crippen molar-refractivity contribution >= 4 is 0 Å². The summed E-state index contributed by atoms with van der Waals surface area (Å²) < 4.78 is 1.11. The van der Waals surface area contributed by atoms with Crippen LogP contribution >= 0.6 is 0 Å². The van der Waals surface area contributed by atoms with Crippen molar-refractivity contribution in [3.63, 3.8) is 0 Å². The zero-order chi connectivity index (χ0) is 12.3. The maximum atomic E-state index is 3.75. The molecule has 0 saturated heterocycles. The summed E-state index contributed by atoms with van der Waals surface area (Å²) in [6.45, 7) is 5.07. The maximum Gasteiger partial charge on any atom is 0.0780 e. The molecule has 0 unspecified atom stereocenters. The average molecular weight is 226 g/mol. The predicted molar refractivity (Wildman–Crippen MR) is 74.6 cm³/mol. The minimum atomic E-state index is 1.11. The van der Waals surface area contributed by atoms with Crippen molar-refractivity contribution in [2.75, 3.05) is 27.7 Å². The van der Waals surface area contributed by atoms with Gasteiger partial charge in [-0.3, -0.25) is 0 Å². The third kappa shape index (κ3) is 13.7. The molecule has 1 nitrogen and oxygen atoms in total. The molecule has 0 spiro atoms. The largest absolute Gasteiger partial charge is 0.331 e. The van der Waals surface area contributed by atoms with Crippen LogP contribution in [0.5, 0.6) is 0 Å². The van der Waals surface area contributed by atoms with Crippen LogP contribution in [0.2, 0.25) is 0 Å². The van der Waals surface area contributed by atoms with Gasteiger partial charge in [-0.05, 0) is 25.7 Å². The van der Waals surface area contributed by atoms with Crippen molar-refractivity contribution in [1.82, 2.24) is 0 Å². The van der Waals surface area contributed by atoms with Crippen molar-refractivity contribution in [1.29, 1.82) is 0 Å². The van der Waals surface area contributed by atoms with Gasteiger partial charge in [0.15, 0.2) is 0 Å². The summed E-state index contributed by atoms with van der Waals surface area (Å²) in [5.41, 5.74) is 0. The normalized spacial score (nSPS) is 11.7. The Labute approximate surface area is 103 Å². The molecule has 16 heavy (non-hydrogen) atoms. The third-order valence-electron chi connectivity index (χ3n) is 2.99. The van der Waals surface area contributed by atoms with Gasteiger partial charge in [-0.2, -0.15) is 0 Å². The van der Waals surface area contributed by atoms with Crippen LogP contribution in [0.4, 0.5) is 0 Å². The van der Waals surface area contributed by atoms with E-state index in [0.29, 0.717) is 0 Å². The van der Waals surface area contributed by atoms with Crippen LogP contribution < -0.4 is 0 Å². The van der Waals surface area contributed by atoms with Crippen molar-refractivity contribution in [2.24, 2.45) is 0 Å². The molecular weight excluding hydrogens is 194 g/mol. The van der Waals surface area contributed by atoms with Gasteiger partial charge in [-0.25, -0.2) is 0 Å². The molecule has 1 heteroatoms. The van der Waals surface area contributed by atoms with Gasteiger partial charge >= 0.3 is 0 Å². The molecule has 0 aliphatic heterocycles. The van der Waals surface area contributed by atoms with Crippen molar-refractivity contribution in [2.45, 2.75) is 57.8 Å². The van der Waals surface area contributed by atoms with Crippen molar-refractivity contribution in [3.05, 3.63) is 12.7 Å². The molecule has 0 aromatic carbocycles. The average Bonchev–Trinajstić information content (AvgIpc) is 2.19. The van der Waals surface area contributed by atoms with Crippen molar-refractivity contribution in [3.8, 4) is 0 Å². The minimum absolute atomic E-state index is 1.11. The molecule has 0 N–H and O–H groups in total. The van der Waals surface area contributed by atoms with E-state index in [2.05, 4.69) is 27.7 Å². The fraction of sp³-hybridized carbons (Fsp3) is 0.867. The smallest absolute Gasteiger partial charge is 0.0780 e. The van der Waals surface area contributed by atoms with Gasteiger partial charge < -0.3 is 4.48 Å². The Kier molecular flexibility index (Phi) is 9.71. The van der Waals surface area contributed by atoms with Crippen LogP contribution in [0.25, 0.3) is 0 Å². The molecule has 0 saturated carbocycles. The Bertz CT molecular complexity index is 155. The van der Waals surface area contributed by atoms with Gasteiger partial charge in [0, 0.05) is 0 Å². The van der Waals surface area contributed by atoms with Gasteiger partial charge in [0.05, 0.1) is 27.7 Å². The molecule has 0 fully saturated rings. The Morgan fingerprint density at radius 1 is 0.750 bits per heavy atom. The fourth-order valence-electron chi connectivity index (χ4n) is 1.94. The number of nitrogens with zero attached hydrogens (tertiary/aromatic N) is 1. The standard InChI is InChI=1S/C15H32N/c1-5-6-7-8-9-10-11-12-13-14-15-16(2,3)4/h5H,1,6-15H2,2-4H3/q+1. The molecule has 0 aromatic heterocycles. The molecule has 0 bridgehead atoms. The Morgan fingerprint density at radius 2 is 1.19 bits per heavy atom. The SMILES string of the molecule is C=CCCCCCCCCCC[N+](C)(C)C. The second-order valence-corrected chi connectivity index (χ2v) is 5.92. The molecule has 0 rings (SSSR count). The second kappa shape index (κ2) is 9.89. The summed E-state index contributed by atoms with van der Waals surface area (Å²) in [6, 6.07) is 0. The summed E-state index contributed by atoms with van der Waals surface area (Å²) in [6.07, 6.45) is 14.5. The summed E-state index contributed by atoms with van der Waals surface area (Å²) >= 11 is 0. The van der Waals surface area contributed by atoms with E-state index in [1.165, 1.54) is 64.3 Å². The van der Waals surface area contributed by atoms with Crippen LogP contribution in [0.3, 0.4) is 0 Å². The highest BCUT2D eigenvalue weighted by atomic mass is 15.3. The van der Waals surface area contributed by atoms with E-state index >= 15 is 0 Å². The van der Waals surface area contributed by atoms with Gasteiger partial charge in [0.1, 0.15) is 0 Å². The number of unbranched alkanes of at least 4 members (excludes halogenated alkanes) is 8. The van der Waals surface area contributed by atoms with Gasteiger partial charge in [0.25, 0.3) is 0 Å². The van der Waals surface area contributed by atoms with Crippen LogP contribution in [-0.4, -0.2) is 32.2 Å². The molecule has 0 atom stereocenters. The van der Waals surface area contributed by atoms with Crippen LogP contribution in [0, 0.1) is 0 Å². The summed E-state index contributed by atoms with van der Waals surface area (Å²) in [4.78, 5) is 0. The van der Waals surface area contributed by atoms with E-state index in [0.717, 1.165) is 4.48 Å². The topological polar surface area (TPSA) is 0 Å². The van der Waals surface area contributed by atoms with E-state index in [-0.39, 0.29) is 0 Å². The highest BCUT2D eigenvalue weighted by Gasteiger charge is 2.04. The molecule has 0 radical (unpaired) electrons. The molecule has 0 heterocycles. The Morgan fingerprint density at radius 3 is 1.62 bits per heavy atom. The number of allylic oxidation sites excluding steroid dienone is 1. The number of hydrogen-bond donors (Lipinski definition) is 0. The van der Waals surface area contributed by atoms with Crippen molar-refractivity contribution < 1.29 is 4.48 Å². The third-order valence-corrected chi connectivity index (χ3v) is 2.99. The number of quaternary nitrogens is 1. The first-order valence-electron chi connectivity index (χ1n) is 6.97. The molecule has 0 aliphatic rings. The van der Waals surface area contributed by atoms with Gasteiger partial charge in [-0.15, -0.1) is 6.58 Å². The van der Waals surface area contributed by atoms with Crippen LogP contribution in [-0.2, 0) is 0 Å². The lowest BCUT2D eigenvalue weighted by Gasteiger charge is -2.23. The minimum Gasteiger partial charge on any atom is -0.331 e. The zero-order valence-corrected chi connectivity index (χ0v) is 11.8. The quantitative estimate of drug-likeness (QED) is 0.278. The molecular formula is C15H32N+. The summed E-state index contributed by atoms with van der Waals surface area (Å²) in [5.74, 6) is 0. The first-order chi connectivity index (χ1) is 7.56. The van der Waals surface area contributed by atoms with Crippen LogP contribution in [0.15, 0.2) is 12.7 Å². The Balaban J connectivity index is 3.01. The molecule has 0 amide bonds. The van der Waals surface area contributed by atoms with Crippen LogP contribution in [0.1, 0.15) is 57.8 Å². The van der Waals surface area contributed by atoms with E-state index < -0.39 is 0 Å². The molecule has 0 aromatic rings. The lowest BCUT2D eigenvalue weighted by molar-refractivity contribution is -0.870. The van der Waals surface area contributed by atoms with E-state index in [4.69, 9.17) is 0 Å². The van der Waals surface area contributed by atoms with E-state index in [9.17, 15) is 0 Å².